The fourth-order valence-electron chi connectivity index (χ4n) is 3.90. The van der Waals surface area contributed by atoms with Gasteiger partial charge in [0, 0.05) is 6.92 Å². The molecule has 1 aromatic carbocycles. The number of carboxylic acids is 1. The van der Waals surface area contributed by atoms with Gasteiger partial charge in [-0.2, -0.15) is 0 Å². The Kier molecular flexibility index (Phi) is 16.4. The van der Waals surface area contributed by atoms with Gasteiger partial charge < -0.3 is 14.6 Å². The van der Waals surface area contributed by atoms with Crippen molar-refractivity contribution < 1.29 is 24.2 Å². The highest BCUT2D eigenvalue weighted by Crippen LogP contribution is 2.17. The number of hydrogen-bond donors (Lipinski definition) is 1. The molecule has 0 aliphatic carbocycles. The molecule has 0 saturated heterocycles. The van der Waals surface area contributed by atoms with Gasteiger partial charge in [0.1, 0.15) is 0 Å². The summed E-state index contributed by atoms with van der Waals surface area (Å²) in [4.78, 5) is 22.0. The molecule has 0 aliphatic rings. The molecule has 32 heavy (non-hydrogen) atoms. The summed E-state index contributed by atoms with van der Waals surface area (Å²) in [7, 11) is 0. The fourth-order valence-corrected chi connectivity index (χ4v) is 3.90. The molecule has 0 aromatic heterocycles. The molecule has 5 heteroatoms. The quantitative estimate of drug-likeness (QED) is 0.171. The standard InChI is InChI=1S/C27H44O5/c1-3-4-19-25(31-22-24-17-13-12-14-18-24)20-15-10-8-6-5-7-9-11-16-21-26(27(29)30)32-23(2)28/h12-14,17-18,25-26H,3-11,15-16,19-22H2,1-2H3,(H,29,30). The average molecular weight is 449 g/mol. The maximum Gasteiger partial charge on any atom is 0.345 e. The van der Waals surface area contributed by atoms with Crippen molar-refractivity contribution >= 4 is 11.9 Å². The summed E-state index contributed by atoms with van der Waals surface area (Å²) in [6.07, 6.45) is 14.9. The van der Waals surface area contributed by atoms with E-state index >= 15 is 0 Å². The topological polar surface area (TPSA) is 72.8 Å². The number of carboxylic acid groups (broad SMARTS) is 1. The Labute approximate surface area is 194 Å². The third kappa shape index (κ3) is 15.0. The van der Waals surface area contributed by atoms with Crippen LogP contribution in [-0.4, -0.2) is 29.3 Å². The SMILES string of the molecule is CCCCC(CCCCCCCCCCCC(OC(C)=O)C(=O)O)OCc1ccccc1. The summed E-state index contributed by atoms with van der Waals surface area (Å²) < 4.78 is 11.0. The van der Waals surface area contributed by atoms with Gasteiger partial charge in [-0.25, -0.2) is 4.79 Å². The van der Waals surface area contributed by atoms with E-state index in [0.717, 1.165) is 32.1 Å². The van der Waals surface area contributed by atoms with Crippen molar-refractivity contribution in [2.24, 2.45) is 0 Å². The largest absolute Gasteiger partial charge is 0.479 e. The van der Waals surface area contributed by atoms with Crippen molar-refractivity contribution in [1.82, 2.24) is 0 Å². The number of rotatable bonds is 20. The first kappa shape index (κ1) is 28.2. The number of ether oxygens (including phenoxy) is 2. The van der Waals surface area contributed by atoms with Crippen molar-refractivity contribution in [3.63, 3.8) is 0 Å². The number of aliphatic carboxylic acids is 1. The number of carbonyl (C=O) groups excluding carboxylic acids is 1. The zero-order chi connectivity index (χ0) is 23.4. The number of benzene rings is 1. The van der Waals surface area contributed by atoms with Gasteiger partial charge >= 0.3 is 11.9 Å². The van der Waals surface area contributed by atoms with Crippen molar-refractivity contribution in [2.45, 2.75) is 123 Å². The zero-order valence-electron chi connectivity index (χ0n) is 20.2. The van der Waals surface area contributed by atoms with Crippen LogP contribution in [0.2, 0.25) is 0 Å². The molecule has 0 radical (unpaired) electrons. The lowest BCUT2D eigenvalue weighted by Crippen LogP contribution is -2.25. The van der Waals surface area contributed by atoms with Crippen molar-refractivity contribution in [1.29, 1.82) is 0 Å². The van der Waals surface area contributed by atoms with E-state index in [-0.39, 0.29) is 0 Å². The lowest BCUT2D eigenvalue weighted by atomic mass is 10.0. The summed E-state index contributed by atoms with van der Waals surface area (Å²) >= 11 is 0. The lowest BCUT2D eigenvalue weighted by molar-refractivity contribution is -0.163. The molecule has 0 spiro atoms. The first-order valence-corrected chi connectivity index (χ1v) is 12.6. The Hall–Kier alpha value is -1.88. The Balaban J connectivity index is 2.03. The van der Waals surface area contributed by atoms with Crippen molar-refractivity contribution in [3.05, 3.63) is 35.9 Å². The van der Waals surface area contributed by atoms with Gasteiger partial charge in [0.2, 0.25) is 0 Å². The molecule has 2 atom stereocenters. The highest BCUT2D eigenvalue weighted by atomic mass is 16.6. The van der Waals surface area contributed by atoms with Crippen LogP contribution in [0.3, 0.4) is 0 Å². The third-order valence-electron chi connectivity index (χ3n) is 5.78. The number of unbranched alkanes of at least 4 members (excludes halogenated alkanes) is 9. The van der Waals surface area contributed by atoms with E-state index in [1.54, 1.807) is 0 Å². The monoisotopic (exact) mass is 448 g/mol. The van der Waals surface area contributed by atoms with Crippen LogP contribution in [0.25, 0.3) is 0 Å². The first-order valence-electron chi connectivity index (χ1n) is 12.6. The van der Waals surface area contributed by atoms with E-state index < -0.39 is 18.0 Å². The number of esters is 1. The van der Waals surface area contributed by atoms with E-state index in [1.807, 2.05) is 6.07 Å². The van der Waals surface area contributed by atoms with Crippen LogP contribution in [0.5, 0.6) is 0 Å². The smallest absolute Gasteiger partial charge is 0.345 e. The average Bonchev–Trinajstić information content (AvgIpc) is 2.78. The second-order valence-electron chi connectivity index (χ2n) is 8.76. The summed E-state index contributed by atoms with van der Waals surface area (Å²) in [5.41, 5.74) is 1.25. The summed E-state index contributed by atoms with van der Waals surface area (Å²) in [5.74, 6) is -1.58. The third-order valence-corrected chi connectivity index (χ3v) is 5.78. The Bertz CT molecular complexity index is 601. The molecule has 0 aliphatic heterocycles. The minimum absolute atomic E-state index is 0.372. The van der Waals surface area contributed by atoms with Gasteiger partial charge in [-0.05, 0) is 31.2 Å². The predicted molar refractivity (Wildman–Crippen MR) is 129 cm³/mol. The van der Waals surface area contributed by atoms with Crippen LogP contribution in [0.1, 0.15) is 109 Å². The minimum atomic E-state index is -1.05. The zero-order valence-corrected chi connectivity index (χ0v) is 20.2. The summed E-state index contributed by atoms with van der Waals surface area (Å²) in [6.45, 7) is 4.20. The van der Waals surface area contributed by atoms with E-state index in [9.17, 15) is 9.59 Å². The number of hydrogen-bond acceptors (Lipinski definition) is 4. The molecule has 0 amide bonds. The van der Waals surface area contributed by atoms with E-state index in [4.69, 9.17) is 14.6 Å². The Morgan fingerprint density at radius 2 is 1.34 bits per heavy atom. The molecular weight excluding hydrogens is 404 g/mol. The molecule has 1 N–H and O–H groups in total. The van der Waals surface area contributed by atoms with Gasteiger partial charge in [-0.3, -0.25) is 4.79 Å². The Morgan fingerprint density at radius 3 is 1.88 bits per heavy atom. The van der Waals surface area contributed by atoms with Crippen molar-refractivity contribution in [3.8, 4) is 0 Å². The minimum Gasteiger partial charge on any atom is -0.479 e. The van der Waals surface area contributed by atoms with Gasteiger partial charge in [0.05, 0.1) is 12.7 Å². The normalized spacial score (nSPS) is 12.9. The van der Waals surface area contributed by atoms with Crippen molar-refractivity contribution in [2.75, 3.05) is 0 Å². The second kappa shape index (κ2) is 18.7. The fraction of sp³-hybridized carbons (Fsp3) is 0.704. The lowest BCUT2D eigenvalue weighted by Gasteiger charge is -2.18. The highest BCUT2D eigenvalue weighted by Gasteiger charge is 2.19. The first-order chi connectivity index (χ1) is 15.5. The van der Waals surface area contributed by atoms with Crippen LogP contribution < -0.4 is 0 Å². The molecule has 182 valence electrons. The van der Waals surface area contributed by atoms with Crippen LogP contribution >= 0.6 is 0 Å². The Morgan fingerprint density at radius 1 is 0.812 bits per heavy atom. The molecule has 0 fully saturated rings. The van der Waals surface area contributed by atoms with Gasteiger partial charge in [0.25, 0.3) is 0 Å². The second-order valence-corrected chi connectivity index (χ2v) is 8.76. The summed E-state index contributed by atoms with van der Waals surface area (Å²) in [6, 6.07) is 10.4. The van der Waals surface area contributed by atoms with E-state index in [2.05, 4.69) is 31.2 Å². The van der Waals surface area contributed by atoms with Crippen LogP contribution in [0.4, 0.5) is 0 Å². The van der Waals surface area contributed by atoms with Gasteiger partial charge in [-0.15, -0.1) is 0 Å². The predicted octanol–water partition coefficient (Wildman–Crippen LogP) is 7.07. The van der Waals surface area contributed by atoms with E-state index in [1.165, 1.54) is 63.9 Å². The maximum absolute atomic E-state index is 11.0. The molecule has 0 saturated carbocycles. The molecular formula is C27H44O5. The molecule has 0 heterocycles. The molecule has 5 nitrogen and oxygen atoms in total. The number of carbonyl (C=O) groups is 2. The molecule has 1 aromatic rings. The highest BCUT2D eigenvalue weighted by molar-refractivity contribution is 5.76. The molecule has 1 rings (SSSR count). The van der Waals surface area contributed by atoms with Crippen LogP contribution in [0.15, 0.2) is 30.3 Å². The van der Waals surface area contributed by atoms with Crippen LogP contribution in [-0.2, 0) is 25.7 Å². The van der Waals surface area contributed by atoms with E-state index in [0.29, 0.717) is 19.1 Å². The van der Waals surface area contributed by atoms with Gasteiger partial charge in [0.15, 0.2) is 6.10 Å². The molecule has 2 unspecified atom stereocenters. The molecule has 0 bridgehead atoms. The van der Waals surface area contributed by atoms with Gasteiger partial charge in [-0.1, -0.05) is 101 Å². The van der Waals surface area contributed by atoms with Crippen LogP contribution in [0, 0.1) is 0 Å². The summed E-state index contributed by atoms with van der Waals surface area (Å²) in [5, 5.41) is 9.04. The maximum atomic E-state index is 11.0.